The molecule has 4 aromatic rings. The second-order valence-corrected chi connectivity index (χ2v) is 7.25. The summed E-state index contributed by atoms with van der Waals surface area (Å²) >= 11 is 2.15. The third-order valence-corrected chi connectivity index (χ3v) is 4.70. The molecule has 0 N–H and O–H groups in total. The number of alkyl halides is 3. The molecule has 0 aliphatic rings. The molecular weight excluding hydrogens is 486 g/mol. The van der Waals surface area contributed by atoms with Crippen molar-refractivity contribution in [2.24, 2.45) is 0 Å². The number of pyridine rings is 1. The van der Waals surface area contributed by atoms with Gasteiger partial charge in [0.2, 0.25) is 0 Å². The van der Waals surface area contributed by atoms with Gasteiger partial charge in [-0.1, -0.05) is 12.1 Å². The van der Waals surface area contributed by atoms with Crippen LogP contribution in [0, 0.1) is 3.57 Å². The van der Waals surface area contributed by atoms with Gasteiger partial charge in [-0.2, -0.15) is 13.2 Å². The zero-order chi connectivity index (χ0) is 19.9. The van der Waals surface area contributed by atoms with Crippen LogP contribution in [0.4, 0.5) is 13.2 Å². The molecule has 0 unspecified atom stereocenters. The Morgan fingerprint density at radius 1 is 1.04 bits per heavy atom. The van der Waals surface area contributed by atoms with Crippen LogP contribution in [0.2, 0.25) is 0 Å². The number of hydrogen-bond acceptors (Lipinski definition) is 4. The first-order chi connectivity index (χ1) is 13.3. The molecule has 1 aromatic carbocycles. The van der Waals surface area contributed by atoms with E-state index < -0.39 is 12.0 Å². The molecule has 0 aliphatic heterocycles. The number of halogens is 4. The summed E-state index contributed by atoms with van der Waals surface area (Å²) in [7, 11) is 1.55. The Morgan fingerprint density at radius 2 is 1.79 bits per heavy atom. The van der Waals surface area contributed by atoms with Crippen molar-refractivity contribution in [2.75, 3.05) is 7.11 Å². The maximum Gasteiger partial charge on any atom is 0.453 e. The van der Waals surface area contributed by atoms with Gasteiger partial charge in [0.05, 0.1) is 13.7 Å². The van der Waals surface area contributed by atoms with Crippen LogP contribution in [-0.4, -0.2) is 31.3 Å². The van der Waals surface area contributed by atoms with Gasteiger partial charge in [-0.3, -0.25) is 0 Å². The molecule has 28 heavy (non-hydrogen) atoms. The number of fused-ring (bicyclic) bond motifs is 1. The zero-order valence-electron chi connectivity index (χ0n) is 14.5. The lowest BCUT2D eigenvalue weighted by atomic mass is 10.2. The minimum absolute atomic E-state index is 0.0573. The van der Waals surface area contributed by atoms with Crippen molar-refractivity contribution in [2.45, 2.75) is 12.7 Å². The summed E-state index contributed by atoms with van der Waals surface area (Å²) in [5, 5.41) is 3.68. The highest BCUT2D eigenvalue weighted by molar-refractivity contribution is 14.1. The van der Waals surface area contributed by atoms with Crippen LogP contribution in [0.1, 0.15) is 11.4 Å². The molecule has 0 spiro atoms. The fraction of sp³-hybridized carbons (Fsp3) is 0.167. The van der Waals surface area contributed by atoms with Crippen molar-refractivity contribution < 1.29 is 17.9 Å². The normalized spacial score (nSPS) is 11.9. The third-order valence-electron chi connectivity index (χ3n) is 4.06. The van der Waals surface area contributed by atoms with Gasteiger partial charge in [0.1, 0.15) is 17.1 Å². The predicted octanol–water partition coefficient (Wildman–Crippen LogP) is 4.27. The van der Waals surface area contributed by atoms with Gasteiger partial charge in [-0.25, -0.2) is 14.6 Å². The van der Waals surface area contributed by atoms with Crippen LogP contribution in [0.15, 0.2) is 48.8 Å². The standard InChI is InChI=1S/C18H13F3IN5O/c1-28-13-5-2-11(3-6-13)8-27-16(24-17(25-27)18(19,20)21)14-10-26-9-12(22)4-7-15(26)23-14/h2-7,9-10H,8H2,1H3. The Kier molecular flexibility index (Phi) is 4.73. The average Bonchev–Trinajstić information content (AvgIpc) is 3.25. The second-order valence-electron chi connectivity index (χ2n) is 6.00. The molecular formula is C18H13F3IN5O. The Morgan fingerprint density at radius 3 is 2.46 bits per heavy atom. The maximum atomic E-state index is 13.2. The summed E-state index contributed by atoms with van der Waals surface area (Å²) in [6.07, 6.45) is -1.16. The molecule has 0 bridgehead atoms. The van der Waals surface area contributed by atoms with Crippen LogP contribution >= 0.6 is 22.6 Å². The van der Waals surface area contributed by atoms with E-state index in [2.05, 4.69) is 37.7 Å². The molecule has 0 saturated heterocycles. The number of imidazole rings is 1. The van der Waals surface area contributed by atoms with Crippen molar-refractivity contribution >= 4 is 28.2 Å². The van der Waals surface area contributed by atoms with Gasteiger partial charge in [-0.15, -0.1) is 5.10 Å². The highest BCUT2D eigenvalue weighted by Crippen LogP contribution is 2.29. The summed E-state index contributed by atoms with van der Waals surface area (Å²) in [6.45, 7) is 0.119. The molecule has 0 saturated carbocycles. The topological polar surface area (TPSA) is 57.2 Å². The number of nitrogens with zero attached hydrogens (tertiary/aromatic N) is 5. The Labute approximate surface area is 171 Å². The van der Waals surface area contributed by atoms with E-state index in [0.29, 0.717) is 17.1 Å². The number of rotatable bonds is 4. The molecule has 4 rings (SSSR count). The molecule has 0 radical (unpaired) electrons. The van der Waals surface area contributed by atoms with E-state index in [4.69, 9.17) is 4.74 Å². The van der Waals surface area contributed by atoms with E-state index in [1.54, 1.807) is 48.0 Å². The highest BCUT2D eigenvalue weighted by Gasteiger charge is 2.37. The number of hydrogen-bond donors (Lipinski definition) is 0. The van der Waals surface area contributed by atoms with E-state index in [-0.39, 0.29) is 12.4 Å². The Hall–Kier alpha value is -2.63. The summed E-state index contributed by atoms with van der Waals surface area (Å²) in [5.41, 5.74) is 1.69. The first-order valence-corrected chi connectivity index (χ1v) is 9.21. The van der Waals surface area contributed by atoms with E-state index in [9.17, 15) is 13.2 Å². The molecule has 3 heterocycles. The largest absolute Gasteiger partial charge is 0.497 e. The first kappa shape index (κ1) is 18.7. The summed E-state index contributed by atoms with van der Waals surface area (Å²) in [5.74, 6) is -0.474. The molecule has 0 atom stereocenters. The van der Waals surface area contributed by atoms with Gasteiger partial charge < -0.3 is 9.14 Å². The molecule has 6 nitrogen and oxygen atoms in total. The van der Waals surface area contributed by atoms with Gasteiger partial charge in [0, 0.05) is 16.0 Å². The van der Waals surface area contributed by atoms with Gasteiger partial charge >= 0.3 is 6.18 Å². The summed E-state index contributed by atoms with van der Waals surface area (Å²) < 4.78 is 48.7. The van der Waals surface area contributed by atoms with E-state index in [0.717, 1.165) is 9.13 Å². The lowest BCUT2D eigenvalue weighted by Crippen LogP contribution is -2.09. The zero-order valence-corrected chi connectivity index (χ0v) is 16.6. The first-order valence-electron chi connectivity index (χ1n) is 8.13. The monoisotopic (exact) mass is 499 g/mol. The van der Waals surface area contributed by atoms with Crippen LogP contribution in [0.25, 0.3) is 17.2 Å². The second kappa shape index (κ2) is 7.08. The van der Waals surface area contributed by atoms with Gasteiger partial charge in [-0.05, 0) is 52.4 Å². The van der Waals surface area contributed by atoms with Crippen LogP contribution in [-0.2, 0) is 12.7 Å². The Balaban J connectivity index is 1.78. The molecule has 3 aromatic heterocycles. The minimum atomic E-state index is -4.64. The van der Waals surface area contributed by atoms with E-state index in [1.807, 2.05) is 12.3 Å². The predicted molar refractivity (Wildman–Crippen MR) is 104 cm³/mol. The van der Waals surface area contributed by atoms with Crippen molar-refractivity contribution in [3.05, 3.63) is 63.7 Å². The summed E-state index contributed by atoms with van der Waals surface area (Å²) in [4.78, 5) is 8.12. The number of methoxy groups -OCH3 is 1. The van der Waals surface area contributed by atoms with E-state index in [1.165, 1.54) is 4.68 Å². The molecule has 10 heteroatoms. The molecule has 0 fully saturated rings. The van der Waals surface area contributed by atoms with Crippen molar-refractivity contribution in [3.63, 3.8) is 0 Å². The fourth-order valence-corrected chi connectivity index (χ4v) is 3.22. The summed E-state index contributed by atoms with van der Waals surface area (Å²) in [6, 6.07) is 10.7. The average molecular weight is 499 g/mol. The lowest BCUT2D eigenvalue weighted by molar-refractivity contribution is -0.144. The minimum Gasteiger partial charge on any atom is -0.497 e. The third kappa shape index (κ3) is 3.68. The van der Waals surface area contributed by atoms with Crippen molar-refractivity contribution in [1.29, 1.82) is 0 Å². The van der Waals surface area contributed by atoms with Gasteiger partial charge in [0.15, 0.2) is 5.82 Å². The Bertz CT molecular complexity index is 1130. The lowest BCUT2D eigenvalue weighted by Gasteiger charge is -2.06. The van der Waals surface area contributed by atoms with Crippen LogP contribution in [0.5, 0.6) is 5.75 Å². The number of benzene rings is 1. The number of aromatic nitrogens is 5. The van der Waals surface area contributed by atoms with Crippen molar-refractivity contribution in [1.82, 2.24) is 24.1 Å². The molecule has 144 valence electrons. The highest BCUT2D eigenvalue weighted by atomic mass is 127. The maximum absolute atomic E-state index is 13.2. The fourth-order valence-electron chi connectivity index (χ4n) is 2.74. The van der Waals surface area contributed by atoms with Gasteiger partial charge in [0.25, 0.3) is 5.82 Å². The quantitative estimate of drug-likeness (QED) is 0.394. The van der Waals surface area contributed by atoms with Crippen LogP contribution < -0.4 is 4.74 Å². The van der Waals surface area contributed by atoms with E-state index >= 15 is 0 Å². The molecule has 0 amide bonds. The van der Waals surface area contributed by atoms with Crippen LogP contribution in [0.3, 0.4) is 0 Å². The SMILES string of the molecule is COc1ccc(Cn2nc(C(F)(F)F)nc2-c2cn3cc(I)ccc3n2)cc1. The van der Waals surface area contributed by atoms with Crippen molar-refractivity contribution in [3.8, 4) is 17.3 Å². The smallest absolute Gasteiger partial charge is 0.453 e. The number of ether oxygens (including phenoxy) is 1. The molecule has 0 aliphatic carbocycles.